The summed E-state index contributed by atoms with van der Waals surface area (Å²) in [5, 5.41) is 5.32. The monoisotopic (exact) mass is 444 g/mol. The molecule has 3 aromatic carbocycles. The molecule has 1 heterocycles. The van der Waals surface area contributed by atoms with Gasteiger partial charge in [-0.1, -0.05) is 18.2 Å². The lowest BCUT2D eigenvalue weighted by Crippen LogP contribution is -2.10. The average Bonchev–Trinajstić information content (AvgIpc) is 2.67. The van der Waals surface area contributed by atoms with Crippen LogP contribution in [0.25, 0.3) is 21.8 Å². The van der Waals surface area contributed by atoms with E-state index in [1.807, 2.05) is 42.5 Å². The molecule has 4 N–H and O–H groups in total. The van der Waals surface area contributed by atoms with Crippen molar-refractivity contribution in [3.05, 3.63) is 60.7 Å². The SMILES string of the molecule is COc1cc(Nc2c3ccccc3nc3cc(N)ccc23)ccc1NS(C)(=O)=O.Cl. The molecule has 7 nitrogen and oxygen atoms in total. The standard InChI is InChI=1S/C21H20N4O3S.ClH/c1-28-20-12-14(8-10-18(20)25-29(2,26)27)23-21-15-5-3-4-6-17(15)24-19-11-13(22)7-9-16(19)21;/h3-12,25H,22H2,1-2H3,(H,23,24);1H. The number of nitrogens with two attached hydrogens (primary N) is 1. The number of fused-ring (bicyclic) bond motifs is 2. The van der Waals surface area contributed by atoms with Crippen LogP contribution in [-0.2, 0) is 10.0 Å². The van der Waals surface area contributed by atoms with E-state index in [0.29, 0.717) is 17.1 Å². The average molecular weight is 445 g/mol. The highest BCUT2D eigenvalue weighted by atomic mass is 35.5. The molecule has 9 heteroatoms. The van der Waals surface area contributed by atoms with Gasteiger partial charge in [0.1, 0.15) is 5.75 Å². The van der Waals surface area contributed by atoms with Gasteiger partial charge in [0.05, 0.1) is 35.8 Å². The van der Waals surface area contributed by atoms with Crippen LogP contribution < -0.4 is 20.5 Å². The Hall–Kier alpha value is -3.23. The lowest BCUT2D eigenvalue weighted by Gasteiger charge is -2.16. The van der Waals surface area contributed by atoms with Crippen LogP contribution in [0.3, 0.4) is 0 Å². The summed E-state index contributed by atoms with van der Waals surface area (Å²) in [6, 6.07) is 18.6. The summed E-state index contributed by atoms with van der Waals surface area (Å²) in [6.45, 7) is 0. The number of methoxy groups -OCH3 is 1. The predicted molar refractivity (Wildman–Crippen MR) is 126 cm³/mol. The number of hydrogen-bond donors (Lipinski definition) is 3. The van der Waals surface area contributed by atoms with Crippen molar-refractivity contribution in [3.8, 4) is 5.75 Å². The zero-order valence-corrected chi connectivity index (χ0v) is 18.0. The molecular weight excluding hydrogens is 424 g/mol. The van der Waals surface area contributed by atoms with Crippen molar-refractivity contribution in [1.82, 2.24) is 4.98 Å². The number of anilines is 4. The highest BCUT2D eigenvalue weighted by Crippen LogP contribution is 2.36. The van der Waals surface area contributed by atoms with Gasteiger partial charge in [-0.2, -0.15) is 0 Å². The lowest BCUT2D eigenvalue weighted by atomic mass is 10.1. The second-order valence-electron chi connectivity index (χ2n) is 6.69. The molecule has 30 heavy (non-hydrogen) atoms. The molecule has 0 fully saturated rings. The van der Waals surface area contributed by atoms with Crippen molar-refractivity contribution >= 4 is 67.0 Å². The molecular formula is C21H21ClN4O3S. The van der Waals surface area contributed by atoms with Crippen LogP contribution in [0.5, 0.6) is 5.75 Å². The number of pyridine rings is 1. The van der Waals surface area contributed by atoms with Crippen molar-refractivity contribution in [2.75, 3.05) is 29.1 Å². The smallest absolute Gasteiger partial charge is 0.229 e. The first-order chi connectivity index (χ1) is 13.8. The Morgan fingerprint density at radius 2 is 1.70 bits per heavy atom. The minimum atomic E-state index is -3.41. The number of aromatic nitrogens is 1. The third kappa shape index (κ3) is 4.34. The van der Waals surface area contributed by atoms with Crippen LogP contribution in [-0.4, -0.2) is 26.8 Å². The minimum Gasteiger partial charge on any atom is -0.494 e. The van der Waals surface area contributed by atoms with Crippen LogP contribution >= 0.6 is 12.4 Å². The summed E-state index contributed by atoms with van der Waals surface area (Å²) >= 11 is 0. The molecule has 0 bridgehead atoms. The second-order valence-corrected chi connectivity index (χ2v) is 8.44. The van der Waals surface area contributed by atoms with Crippen molar-refractivity contribution < 1.29 is 13.2 Å². The van der Waals surface area contributed by atoms with Crippen molar-refractivity contribution in [2.24, 2.45) is 0 Å². The molecule has 0 atom stereocenters. The molecule has 0 aliphatic heterocycles. The van der Waals surface area contributed by atoms with Crippen molar-refractivity contribution in [3.63, 3.8) is 0 Å². The fourth-order valence-electron chi connectivity index (χ4n) is 3.24. The van der Waals surface area contributed by atoms with Gasteiger partial charge in [0.2, 0.25) is 10.0 Å². The van der Waals surface area contributed by atoms with E-state index in [9.17, 15) is 8.42 Å². The molecule has 0 aliphatic rings. The first-order valence-corrected chi connectivity index (χ1v) is 10.7. The summed E-state index contributed by atoms with van der Waals surface area (Å²) in [5.74, 6) is 0.410. The van der Waals surface area contributed by atoms with E-state index in [1.165, 1.54) is 7.11 Å². The third-order valence-electron chi connectivity index (χ3n) is 4.47. The van der Waals surface area contributed by atoms with Crippen LogP contribution in [0.15, 0.2) is 60.7 Å². The van der Waals surface area contributed by atoms with Gasteiger partial charge in [-0.3, -0.25) is 4.72 Å². The number of hydrogen-bond acceptors (Lipinski definition) is 6. The fraction of sp³-hybridized carbons (Fsp3) is 0.0952. The molecule has 0 saturated heterocycles. The maximum absolute atomic E-state index is 11.6. The zero-order valence-electron chi connectivity index (χ0n) is 16.3. The first-order valence-electron chi connectivity index (χ1n) is 8.85. The summed E-state index contributed by atoms with van der Waals surface area (Å²) < 4.78 is 30.9. The number of rotatable bonds is 5. The molecule has 0 saturated carbocycles. The summed E-state index contributed by atoms with van der Waals surface area (Å²) in [4.78, 5) is 4.71. The van der Waals surface area contributed by atoms with Gasteiger partial charge in [0, 0.05) is 28.2 Å². The van der Waals surface area contributed by atoms with Gasteiger partial charge in [0.15, 0.2) is 0 Å². The predicted octanol–water partition coefficient (Wildman–Crippen LogP) is 4.52. The van der Waals surface area contributed by atoms with E-state index in [0.717, 1.165) is 39.4 Å². The molecule has 1 aromatic heterocycles. The normalized spacial score (nSPS) is 11.1. The summed E-state index contributed by atoms with van der Waals surface area (Å²) in [6.07, 6.45) is 1.10. The van der Waals surface area contributed by atoms with E-state index < -0.39 is 10.0 Å². The van der Waals surface area contributed by atoms with E-state index >= 15 is 0 Å². The van der Waals surface area contributed by atoms with Crippen molar-refractivity contribution in [2.45, 2.75) is 0 Å². The largest absolute Gasteiger partial charge is 0.494 e. The lowest BCUT2D eigenvalue weighted by molar-refractivity contribution is 0.417. The number of ether oxygens (including phenoxy) is 1. The number of benzene rings is 3. The van der Waals surface area contributed by atoms with Crippen LogP contribution in [0.1, 0.15) is 0 Å². The molecule has 0 aliphatic carbocycles. The number of sulfonamides is 1. The molecule has 0 spiro atoms. The zero-order chi connectivity index (χ0) is 20.6. The van der Waals surface area contributed by atoms with Gasteiger partial charge >= 0.3 is 0 Å². The summed E-state index contributed by atoms with van der Waals surface area (Å²) in [5.41, 5.74) is 10.2. The molecule has 0 unspecified atom stereocenters. The van der Waals surface area contributed by atoms with E-state index in [1.54, 1.807) is 18.2 Å². The molecule has 0 radical (unpaired) electrons. The molecule has 156 valence electrons. The van der Waals surface area contributed by atoms with E-state index in [4.69, 9.17) is 15.5 Å². The fourth-order valence-corrected chi connectivity index (χ4v) is 3.81. The van der Waals surface area contributed by atoms with Crippen LogP contribution in [0.2, 0.25) is 0 Å². The van der Waals surface area contributed by atoms with Gasteiger partial charge in [0.25, 0.3) is 0 Å². The highest BCUT2D eigenvalue weighted by molar-refractivity contribution is 7.92. The maximum atomic E-state index is 11.6. The first kappa shape index (κ1) is 21.5. The Labute approximate surface area is 180 Å². The number of para-hydroxylation sites is 1. The number of nitrogens with zero attached hydrogens (tertiary/aromatic N) is 1. The minimum absolute atomic E-state index is 0. The van der Waals surface area contributed by atoms with Crippen LogP contribution in [0.4, 0.5) is 22.7 Å². The van der Waals surface area contributed by atoms with E-state index in [2.05, 4.69) is 10.0 Å². The topological polar surface area (TPSA) is 106 Å². The third-order valence-corrected chi connectivity index (χ3v) is 5.06. The second kappa shape index (κ2) is 8.25. The Morgan fingerprint density at radius 3 is 2.43 bits per heavy atom. The Bertz CT molecular complexity index is 1340. The Morgan fingerprint density at radius 1 is 0.967 bits per heavy atom. The van der Waals surface area contributed by atoms with Gasteiger partial charge in [-0.25, -0.2) is 13.4 Å². The van der Waals surface area contributed by atoms with Gasteiger partial charge < -0.3 is 15.8 Å². The van der Waals surface area contributed by atoms with Crippen LogP contribution in [0, 0.1) is 0 Å². The molecule has 4 rings (SSSR count). The Kier molecular flexibility index (Phi) is 5.91. The number of nitrogens with one attached hydrogen (secondary N) is 2. The molecule has 0 amide bonds. The highest BCUT2D eigenvalue weighted by Gasteiger charge is 2.12. The maximum Gasteiger partial charge on any atom is 0.229 e. The molecule has 4 aromatic rings. The number of nitrogen functional groups attached to an aromatic ring is 1. The van der Waals surface area contributed by atoms with Gasteiger partial charge in [-0.15, -0.1) is 12.4 Å². The van der Waals surface area contributed by atoms with Gasteiger partial charge in [-0.05, 0) is 36.4 Å². The Balaban J connectivity index is 0.00000256. The quantitative estimate of drug-likeness (QED) is 0.308. The van der Waals surface area contributed by atoms with Crippen molar-refractivity contribution in [1.29, 1.82) is 0 Å². The van der Waals surface area contributed by atoms with E-state index in [-0.39, 0.29) is 12.4 Å². The number of halogens is 1. The summed E-state index contributed by atoms with van der Waals surface area (Å²) in [7, 11) is -1.92.